The number of fused-ring (bicyclic) bond motifs is 2. The normalized spacial score (nSPS) is 13.6. The van der Waals surface area contributed by atoms with Crippen molar-refractivity contribution in [2.45, 2.75) is 38.6 Å². The fraction of sp³-hybridized carbons (Fsp3) is 0.321. The van der Waals surface area contributed by atoms with Crippen LogP contribution in [-0.2, 0) is 17.6 Å². The second-order valence-electron chi connectivity index (χ2n) is 8.87. The van der Waals surface area contributed by atoms with Gasteiger partial charge in [-0.25, -0.2) is 0 Å². The summed E-state index contributed by atoms with van der Waals surface area (Å²) in [7, 11) is 0. The third kappa shape index (κ3) is 5.27. The van der Waals surface area contributed by atoms with Crippen molar-refractivity contribution < 1.29 is 19.4 Å². The summed E-state index contributed by atoms with van der Waals surface area (Å²) in [4.78, 5) is 20.7. The molecule has 0 bridgehead atoms. The SMILES string of the molecule is CCOc1cncc(C(CC(=O)O)n2ccc3cc(OCCc4ccc5c(n4)CCCN5)ccc32)c1. The number of hydrogen-bond donors (Lipinski definition) is 2. The minimum Gasteiger partial charge on any atom is -0.493 e. The van der Waals surface area contributed by atoms with Crippen LogP contribution in [0.2, 0.25) is 0 Å². The number of aryl methyl sites for hydroxylation is 1. The Hall–Kier alpha value is -4.07. The third-order valence-electron chi connectivity index (χ3n) is 6.39. The van der Waals surface area contributed by atoms with E-state index in [4.69, 9.17) is 14.5 Å². The highest BCUT2D eigenvalue weighted by Gasteiger charge is 2.20. The van der Waals surface area contributed by atoms with Gasteiger partial charge in [-0.15, -0.1) is 0 Å². The number of nitrogens with zero attached hydrogens (tertiary/aromatic N) is 3. The fourth-order valence-electron chi connectivity index (χ4n) is 4.70. The molecule has 0 saturated carbocycles. The maximum absolute atomic E-state index is 11.7. The number of carboxylic acids is 1. The van der Waals surface area contributed by atoms with E-state index in [1.165, 1.54) is 0 Å². The van der Waals surface area contributed by atoms with Crippen LogP contribution in [0.4, 0.5) is 5.69 Å². The highest BCUT2D eigenvalue weighted by atomic mass is 16.5. The summed E-state index contributed by atoms with van der Waals surface area (Å²) in [5, 5.41) is 14.0. The maximum Gasteiger partial charge on any atom is 0.305 e. The Morgan fingerprint density at radius 1 is 1.14 bits per heavy atom. The van der Waals surface area contributed by atoms with E-state index >= 15 is 0 Å². The Kier molecular flexibility index (Phi) is 7.02. The van der Waals surface area contributed by atoms with Crippen LogP contribution in [0, 0.1) is 0 Å². The van der Waals surface area contributed by atoms with Crippen LogP contribution < -0.4 is 14.8 Å². The van der Waals surface area contributed by atoms with Crippen LogP contribution in [0.5, 0.6) is 11.5 Å². The molecule has 4 heterocycles. The van der Waals surface area contributed by atoms with E-state index in [1.54, 1.807) is 12.4 Å². The van der Waals surface area contributed by atoms with E-state index in [1.807, 2.05) is 48.0 Å². The predicted molar refractivity (Wildman–Crippen MR) is 138 cm³/mol. The van der Waals surface area contributed by atoms with Crippen molar-refractivity contribution in [2.24, 2.45) is 0 Å². The molecule has 0 amide bonds. The Labute approximate surface area is 209 Å². The zero-order valence-corrected chi connectivity index (χ0v) is 20.3. The van der Waals surface area contributed by atoms with Gasteiger partial charge in [0.1, 0.15) is 11.5 Å². The fourth-order valence-corrected chi connectivity index (χ4v) is 4.70. The number of hydrogen-bond acceptors (Lipinski definition) is 6. The molecule has 8 nitrogen and oxygen atoms in total. The van der Waals surface area contributed by atoms with E-state index in [9.17, 15) is 9.90 Å². The van der Waals surface area contributed by atoms with Crippen molar-refractivity contribution in [3.63, 3.8) is 0 Å². The van der Waals surface area contributed by atoms with Crippen molar-refractivity contribution in [3.05, 3.63) is 78.0 Å². The molecule has 8 heteroatoms. The Morgan fingerprint density at radius 3 is 2.92 bits per heavy atom. The molecule has 1 atom stereocenters. The topological polar surface area (TPSA) is 98.5 Å². The number of anilines is 1. The van der Waals surface area contributed by atoms with Gasteiger partial charge in [0, 0.05) is 42.0 Å². The molecule has 186 valence electrons. The van der Waals surface area contributed by atoms with E-state index in [0.29, 0.717) is 19.0 Å². The summed E-state index contributed by atoms with van der Waals surface area (Å²) in [6, 6.07) is 13.5. The number of rotatable bonds is 10. The van der Waals surface area contributed by atoms with Gasteiger partial charge in [-0.05, 0) is 67.8 Å². The van der Waals surface area contributed by atoms with Gasteiger partial charge in [-0.3, -0.25) is 14.8 Å². The molecule has 36 heavy (non-hydrogen) atoms. The van der Waals surface area contributed by atoms with Crippen LogP contribution in [0.1, 0.15) is 42.8 Å². The highest BCUT2D eigenvalue weighted by Crippen LogP contribution is 2.31. The van der Waals surface area contributed by atoms with E-state index in [-0.39, 0.29) is 6.42 Å². The van der Waals surface area contributed by atoms with Crippen LogP contribution in [0.25, 0.3) is 10.9 Å². The number of benzene rings is 1. The number of pyridine rings is 2. The summed E-state index contributed by atoms with van der Waals surface area (Å²) < 4.78 is 13.6. The first-order valence-electron chi connectivity index (χ1n) is 12.4. The zero-order chi connectivity index (χ0) is 24.9. The van der Waals surface area contributed by atoms with E-state index in [2.05, 4.69) is 22.4 Å². The molecule has 1 aromatic carbocycles. The van der Waals surface area contributed by atoms with Gasteiger partial charge in [0.05, 0.1) is 43.3 Å². The smallest absolute Gasteiger partial charge is 0.305 e. The summed E-state index contributed by atoms with van der Waals surface area (Å²) in [6.07, 6.45) is 8.04. The first kappa shape index (κ1) is 23.7. The zero-order valence-electron chi connectivity index (χ0n) is 20.3. The van der Waals surface area contributed by atoms with Gasteiger partial charge in [-0.2, -0.15) is 0 Å². The number of aromatic nitrogens is 3. The van der Waals surface area contributed by atoms with E-state index in [0.717, 1.165) is 65.1 Å². The number of carboxylic acid groups (broad SMARTS) is 1. The standard InChI is InChI=1S/C28H30N4O4/c1-2-35-23-15-20(17-29-18-23)27(16-28(33)34)32-12-9-19-14-22(6-8-26(19)32)36-13-10-21-5-7-24-25(31-21)4-3-11-30-24/h5-9,12,14-15,17-18,27,30H,2-4,10-11,13,16H2,1H3,(H,33,34). The third-order valence-corrected chi connectivity index (χ3v) is 6.39. The van der Waals surface area contributed by atoms with Gasteiger partial charge in [-0.1, -0.05) is 0 Å². The molecule has 0 saturated heterocycles. The molecule has 0 radical (unpaired) electrons. The predicted octanol–water partition coefficient (Wildman–Crippen LogP) is 4.87. The summed E-state index contributed by atoms with van der Waals surface area (Å²) in [6.45, 7) is 3.96. The quantitative estimate of drug-likeness (QED) is 0.330. The Bertz CT molecular complexity index is 1370. The number of aliphatic carboxylic acids is 1. The van der Waals surface area contributed by atoms with Gasteiger partial charge < -0.3 is 24.5 Å². The molecule has 2 N–H and O–H groups in total. The lowest BCUT2D eigenvalue weighted by molar-refractivity contribution is -0.137. The number of carbonyl (C=O) groups is 1. The van der Waals surface area contributed by atoms with E-state index < -0.39 is 12.0 Å². The maximum atomic E-state index is 11.7. The van der Waals surface area contributed by atoms with Crippen LogP contribution in [0.15, 0.2) is 61.1 Å². The monoisotopic (exact) mass is 486 g/mol. The molecule has 5 rings (SSSR count). The summed E-state index contributed by atoms with van der Waals surface area (Å²) in [5.74, 6) is 0.520. The molecule has 0 aliphatic carbocycles. The highest BCUT2D eigenvalue weighted by molar-refractivity contribution is 5.82. The molecule has 1 unspecified atom stereocenters. The lowest BCUT2D eigenvalue weighted by Gasteiger charge is -2.19. The van der Waals surface area contributed by atoms with Crippen molar-refractivity contribution in [1.29, 1.82) is 0 Å². The largest absolute Gasteiger partial charge is 0.493 e. The number of nitrogens with one attached hydrogen (secondary N) is 1. The van der Waals surface area contributed by atoms with Gasteiger partial charge in [0.2, 0.25) is 0 Å². The van der Waals surface area contributed by atoms with Crippen LogP contribution in [-0.4, -0.2) is 45.4 Å². The second-order valence-corrected chi connectivity index (χ2v) is 8.87. The molecule has 1 aliphatic rings. The Morgan fingerprint density at radius 2 is 2.06 bits per heavy atom. The van der Waals surface area contributed by atoms with Crippen LogP contribution in [0.3, 0.4) is 0 Å². The lowest BCUT2D eigenvalue weighted by Crippen LogP contribution is -2.15. The lowest BCUT2D eigenvalue weighted by atomic mass is 10.1. The molecule has 3 aromatic heterocycles. The van der Waals surface area contributed by atoms with Crippen molar-refractivity contribution >= 4 is 22.6 Å². The molecule has 4 aromatic rings. The molecular weight excluding hydrogens is 456 g/mol. The molecule has 0 spiro atoms. The molecular formula is C28H30N4O4. The summed E-state index contributed by atoms with van der Waals surface area (Å²) >= 11 is 0. The van der Waals surface area contributed by atoms with Gasteiger partial charge >= 0.3 is 5.97 Å². The minimum absolute atomic E-state index is 0.0669. The minimum atomic E-state index is -0.879. The van der Waals surface area contributed by atoms with Gasteiger partial charge in [0.15, 0.2) is 0 Å². The number of ether oxygens (including phenoxy) is 2. The second kappa shape index (κ2) is 10.7. The van der Waals surface area contributed by atoms with Crippen molar-refractivity contribution in [1.82, 2.24) is 14.5 Å². The van der Waals surface area contributed by atoms with Crippen LogP contribution >= 0.6 is 0 Å². The van der Waals surface area contributed by atoms with Gasteiger partial charge in [0.25, 0.3) is 0 Å². The molecule has 0 fully saturated rings. The first-order valence-corrected chi connectivity index (χ1v) is 12.4. The summed E-state index contributed by atoms with van der Waals surface area (Å²) in [5.41, 5.74) is 5.03. The molecule has 1 aliphatic heterocycles. The first-order chi connectivity index (χ1) is 17.6. The van der Waals surface area contributed by atoms with Crippen molar-refractivity contribution in [2.75, 3.05) is 25.1 Å². The van der Waals surface area contributed by atoms with Crippen molar-refractivity contribution in [3.8, 4) is 11.5 Å². The Balaban J connectivity index is 1.31. The average molecular weight is 487 g/mol. The average Bonchev–Trinajstić information content (AvgIpc) is 3.30.